The molecule has 1 aromatic rings. The van der Waals surface area contributed by atoms with E-state index in [1.54, 1.807) is 0 Å². The van der Waals surface area contributed by atoms with Gasteiger partial charge in [-0.15, -0.1) is 0 Å². The summed E-state index contributed by atoms with van der Waals surface area (Å²) >= 11 is 0. The second-order valence-corrected chi connectivity index (χ2v) is 7.63. The Morgan fingerprint density at radius 3 is 2.38 bits per heavy atom. The van der Waals surface area contributed by atoms with Crippen LogP contribution < -0.4 is 0 Å². The Labute approximate surface area is 99.1 Å². The van der Waals surface area contributed by atoms with E-state index in [4.69, 9.17) is 4.74 Å². The van der Waals surface area contributed by atoms with E-state index < -0.39 is 25.9 Å². The van der Waals surface area contributed by atoms with E-state index in [0.29, 0.717) is 11.5 Å². The Morgan fingerprint density at radius 2 is 1.75 bits per heavy atom. The molecule has 2 fully saturated rings. The highest BCUT2D eigenvalue weighted by Crippen LogP contribution is 2.55. The first kappa shape index (κ1) is 10.6. The van der Waals surface area contributed by atoms with Crippen molar-refractivity contribution in [2.24, 2.45) is 0 Å². The van der Waals surface area contributed by atoms with Gasteiger partial charge in [-0.2, -0.15) is 0 Å². The Balaban J connectivity index is 1.93. The van der Waals surface area contributed by atoms with Crippen molar-refractivity contribution in [3.05, 3.63) is 35.9 Å². The second-order valence-electron chi connectivity index (χ2n) is 3.96. The lowest BCUT2D eigenvalue weighted by atomic mass is 10.2. The van der Waals surface area contributed by atoms with Crippen LogP contribution in [0.1, 0.15) is 18.1 Å². The number of hydrogen-bond acceptors (Lipinski definition) is 3. The summed E-state index contributed by atoms with van der Waals surface area (Å²) in [5, 5.41) is 0. The van der Waals surface area contributed by atoms with E-state index in [1.165, 1.54) is 0 Å². The average Bonchev–Trinajstić information content (AvgIpc) is 3.04. The molecule has 0 saturated carbocycles. The molecule has 5 heteroatoms. The van der Waals surface area contributed by atoms with Crippen molar-refractivity contribution in [1.29, 1.82) is 0 Å². The van der Waals surface area contributed by atoms with Crippen molar-refractivity contribution in [1.82, 2.24) is 0 Å². The maximum Gasteiger partial charge on any atom is 0.249 e. The molecule has 1 aromatic carbocycles. The maximum absolute atomic E-state index is 12.0. The van der Waals surface area contributed by atoms with Gasteiger partial charge in [0.05, 0.1) is 21.6 Å². The van der Waals surface area contributed by atoms with Crippen LogP contribution in [0.4, 0.5) is 0 Å². The van der Waals surface area contributed by atoms with Crippen LogP contribution in [0.3, 0.4) is 0 Å². The Bertz CT molecular complexity index is 442. The lowest BCUT2D eigenvalue weighted by Crippen LogP contribution is -2.34. The Hall–Kier alpha value is -0.520. The predicted octanol–water partition coefficient (Wildman–Crippen LogP) is 1.31. The van der Waals surface area contributed by atoms with Crippen molar-refractivity contribution in [2.75, 3.05) is 11.5 Å². The molecule has 0 aromatic heterocycles. The number of ether oxygens (including phenoxy) is 1. The highest BCUT2D eigenvalue weighted by molar-refractivity contribution is 8.05. The third kappa shape index (κ3) is 1.42. The fourth-order valence-corrected chi connectivity index (χ4v) is 6.14. The van der Waals surface area contributed by atoms with Crippen LogP contribution in [0.5, 0.6) is 0 Å². The lowest BCUT2D eigenvalue weighted by Gasteiger charge is -2.17. The molecule has 1 spiro atoms. The molecule has 2 aliphatic heterocycles. The zero-order valence-corrected chi connectivity index (χ0v) is 10.3. The van der Waals surface area contributed by atoms with E-state index in [-0.39, 0.29) is 6.10 Å². The molecule has 0 aliphatic carbocycles. The van der Waals surface area contributed by atoms with Gasteiger partial charge in [0, 0.05) is 11.5 Å². The topological polar surface area (TPSA) is 46.7 Å². The van der Waals surface area contributed by atoms with Gasteiger partial charge in [-0.3, -0.25) is 8.42 Å². The molecule has 2 heterocycles. The van der Waals surface area contributed by atoms with Crippen molar-refractivity contribution in [3.63, 3.8) is 0 Å². The van der Waals surface area contributed by atoms with Crippen molar-refractivity contribution >= 4 is 21.6 Å². The summed E-state index contributed by atoms with van der Waals surface area (Å²) in [7, 11) is -2.24. The van der Waals surface area contributed by atoms with Crippen molar-refractivity contribution < 1.29 is 13.2 Å². The van der Waals surface area contributed by atoms with Crippen LogP contribution >= 0.6 is 0 Å². The van der Waals surface area contributed by atoms with Gasteiger partial charge in [0.1, 0.15) is 6.10 Å². The van der Waals surface area contributed by atoms with E-state index in [9.17, 15) is 8.42 Å². The molecular formula is C11H12O3S2. The van der Waals surface area contributed by atoms with Gasteiger partial charge in [0.15, 0.2) is 0 Å². The fourth-order valence-electron chi connectivity index (χ4n) is 2.09. The van der Waals surface area contributed by atoms with Crippen LogP contribution in [-0.2, 0) is 26.3 Å². The van der Waals surface area contributed by atoms with Crippen LogP contribution in [0.15, 0.2) is 30.3 Å². The molecule has 86 valence electrons. The fraction of sp³-hybridized carbons (Fsp3) is 0.455. The minimum Gasteiger partial charge on any atom is -0.335 e. The molecule has 3 nitrogen and oxygen atoms in total. The standard InChI is InChI=1S/C11H12O3S2/c12-15-7-4-8-16(13)11(15)10(14-11)9-5-2-1-3-6-9/h1-3,5-6,10H,4,7-8H2/t10-,11?,15?,16?/m0/s1. The normalized spacial score (nSPS) is 42.1. The molecule has 2 aliphatic rings. The molecule has 2 saturated heterocycles. The average molecular weight is 256 g/mol. The lowest BCUT2D eigenvalue weighted by molar-refractivity contribution is 0.389. The quantitative estimate of drug-likeness (QED) is 0.712. The van der Waals surface area contributed by atoms with Gasteiger partial charge in [0.2, 0.25) is 4.27 Å². The molecular weight excluding hydrogens is 244 g/mol. The zero-order valence-electron chi connectivity index (χ0n) is 8.63. The van der Waals surface area contributed by atoms with Crippen molar-refractivity contribution in [3.8, 4) is 0 Å². The van der Waals surface area contributed by atoms with Crippen molar-refractivity contribution in [2.45, 2.75) is 16.8 Å². The number of hydrogen-bond donors (Lipinski definition) is 0. The monoisotopic (exact) mass is 256 g/mol. The van der Waals surface area contributed by atoms with Gasteiger partial charge in [-0.05, 0) is 12.0 Å². The third-order valence-electron chi connectivity index (χ3n) is 2.94. The molecule has 2 unspecified atom stereocenters. The summed E-state index contributed by atoms with van der Waals surface area (Å²) in [4.78, 5) is 0. The number of benzene rings is 1. The molecule has 0 radical (unpaired) electrons. The van der Waals surface area contributed by atoms with Gasteiger partial charge < -0.3 is 4.74 Å². The number of rotatable bonds is 1. The molecule has 3 atom stereocenters. The third-order valence-corrected chi connectivity index (χ3v) is 7.27. The first-order valence-corrected chi connectivity index (χ1v) is 7.88. The zero-order chi connectivity index (χ0) is 11.2. The van der Waals surface area contributed by atoms with Gasteiger partial charge in [0.25, 0.3) is 0 Å². The van der Waals surface area contributed by atoms with E-state index in [0.717, 1.165) is 12.0 Å². The van der Waals surface area contributed by atoms with Crippen LogP contribution in [-0.4, -0.2) is 24.2 Å². The van der Waals surface area contributed by atoms with Gasteiger partial charge in [-0.25, -0.2) is 0 Å². The molecule has 0 bridgehead atoms. The van der Waals surface area contributed by atoms with Crippen LogP contribution in [0, 0.1) is 0 Å². The molecule has 3 rings (SSSR count). The first-order valence-electron chi connectivity index (χ1n) is 5.25. The summed E-state index contributed by atoms with van der Waals surface area (Å²) in [6.45, 7) is 0. The van der Waals surface area contributed by atoms with Gasteiger partial charge in [-0.1, -0.05) is 30.3 Å². The SMILES string of the molecule is O=S1CCCS(=O)C12O[C@H]2c1ccccc1. The summed E-state index contributed by atoms with van der Waals surface area (Å²) in [6.07, 6.45) is 0.530. The summed E-state index contributed by atoms with van der Waals surface area (Å²) in [5.74, 6) is 1.21. The summed E-state index contributed by atoms with van der Waals surface area (Å²) in [6, 6.07) is 9.62. The molecule has 0 N–H and O–H groups in total. The smallest absolute Gasteiger partial charge is 0.249 e. The minimum atomic E-state index is -1.12. The highest BCUT2D eigenvalue weighted by Gasteiger charge is 2.67. The molecule has 0 amide bonds. The predicted molar refractivity (Wildman–Crippen MR) is 63.6 cm³/mol. The van der Waals surface area contributed by atoms with E-state index in [2.05, 4.69) is 0 Å². The first-order chi connectivity index (χ1) is 7.75. The minimum absolute atomic E-state index is 0.240. The summed E-state index contributed by atoms with van der Waals surface area (Å²) in [5.41, 5.74) is 0.978. The van der Waals surface area contributed by atoms with Crippen LogP contribution in [0.2, 0.25) is 0 Å². The Morgan fingerprint density at radius 1 is 1.12 bits per heavy atom. The van der Waals surface area contributed by atoms with E-state index >= 15 is 0 Å². The second kappa shape index (κ2) is 3.75. The maximum atomic E-state index is 12.0. The van der Waals surface area contributed by atoms with E-state index in [1.807, 2.05) is 30.3 Å². The highest BCUT2D eigenvalue weighted by atomic mass is 32.2. The largest absolute Gasteiger partial charge is 0.335 e. The van der Waals surface area contributed by atoms with Crippen LogP contribution in [0.25, 0.3) is 0 Å². The Kier molecular flexibility index (Phi) is 2.49. The summed E-state index contributed by atoms with van der Waals surface area (Å²) < 4.78 is 28.6. The number of epoxide rings is 1. The molecule has 16 heavy (non-hydrogen) atoms. The van der Waals surface area contributed by atoms with Gasteiger partial charge >= 0.3 is 0 Å².